The van der Waals surface area contributed by atoms with Crippen LogP contribution in [0.1, 0.15) is 37.5 Å². The van der Waals surface area contributed by atoms with E-state index in [1.165, 1.54) is 42.8 Å². The Balaban J connectivity index is 1.13. The summed E-state index contributed by atoms with van der Waals surface area (Å²) >= 11 is 1.79. The molecular weight excluding hydrogens is 625 g/mol. The average Bonchev–Trinajstić information content (AvgIpc) is 3.14. The first-order chi connectivity index (χ1) is 24.3. The number of allylic oxidation sites excluding steroid dienone is 5. The van der Waals surface area contributed by atoms with E-state index in [2.05, 4.69) is 180 Å². The zero-order chi connectivity index (χ0) is 34.4. The van der Waals surface area contributed by atoms with Gasteiger partial charge in [0, 0.05) is 31.7 Å². The zero-order valence-electron chi connectivity index (χ0n) is 28.9. The van der Waals surface area contributed by atoms with Crippen molar-refractivity contribution in [3.63, 3.8) is 0 Å². The molecule has 0 N–H and O–H groups in total. The van der Waals surface area contributed by atoms with Crippen LogP contribution in [0.25, 0.3) is 61.0 Å². The van der Waals surface area contributed by atoms with Crippen LogP contribution < -0.4 is 0 Å². The van der Waals surface area contributed by atoms with Gasteiger partial charge in [-0.25, -0.2) is 9.97 Å². The summed E-state index contributed by atoms with van der Waals surface area (Å²) in [6.07, 6.45) is 6.53. The molecular formula is C47H38N2S. The minimum absolute atomic E-state index is 0.195. The Hall–Kier alpha value is -5.51. The molecule has 0 fully saturated rings. The van der Waals surface area contributed by atoms with Crippen molar-refractivity contribution < 1.29 is 0 Å². The summed E-state index contributed by atoms with van der Waals surface area (Å²) in [6, 6.07) is 45.6. The van der Waals surface area contributed by atoms with Crippen LogP contribution in [-0.2, 0) is 5.41 Å². The molecule has 0 unspecified atom stereocenters. The Labute approximate surface area is 299 Å². The van der Waals surface area contributed by atoms with E-state index in [-0.39, 0.29) is 5.41 Å². The lowest BCUT2D eigenvalue weighted by Gasteiger charge is -2.28. The van der Waals surface area contributed by atoms with Crippen molar-refractivity contribution in [1.82, 2.24) is 9.97 Å². The molecule has 0 saturated heterocycles. The quantitative estimate of drug-likeness (QED) is 0.159. The van der Waals surface area contributed by atoms with Crippen molar-refractivity contribution in [3.8, 4) is 33.8 Å². The molecule has 8 rings (SSSR count). The van der Waals surface area contributed by atoms with E-state index in [1.54, 1.807) is 11.8 Å². The molecule has 242 valence electrons. The van der Waals surface area contributed by atoms with Gasteiger partial charge in [0.25, 0.3) is 0 Å². The van der Waals surface area contributed by atoms with Gasteiger partial charge in [-0.1, -0.05) is 141 Å². The Morgan fingerprint density at radius 1 is 0.700 bits per heavy atom. The molecule has 7 aromatic rings. The van der Waals surface area contributed by atoms with E-state index in [4.69, 9.17) is 9.97 Å². The Bertz CT molecular complexity index is 2530. The lowest BCUT2D eigenvalue weighted by molar-refractivity contribution is 0.637. The summed E-state index contributed by atoms with van der Waals surface area (Å²) in [5, 5.41) is 3.53. The van der Waals surface area contributed by atoms with Crippen LogP contribution in [0.2, 0.25) is 0 Å². The molecule has 2 nitrogen and oxygen atoms in total. The lowest BCUT2D eigenvalue weighted by atomic mass is 9.75. The van der Waals surface area contributed by atoms with Gasteiger partial charge in [-0.15, -0.1) is 0 Å². The third kappa shape index (κ3) is 5.68. The summed E-state index contributed by atoms with van der Waals surface area (Å²) in [4.78, 5) is 12.7. The second-order valence-electron chi connectivity index (χ2n) is 13.6. The van der Waals surface area contributed by atoms with Gasteiger partial charge in [-0.3, -0.25) is 0 Å². The molecule has 1 aromatic heterocycles. The molecule has 1 aliphatic heterocycles. The van der Waals surface area contributed by atoms with Gasteiger partial charge in [0.2, 0.25) is 0 Å². The fourth-order valence-electron chi connectivity index (χ4n) is 7.10. The smallest absolute Gasteiger partial charge is 0.160 e. The van der Waals surface area contributed by atoms with Crippen LogP contribution in [0.4, 0.5) is 0 Å². The first-order valence-electron chi connectivity index (χ1n) is 17.1. The highest BCUT2D eigenvalue weighted by Crippen LogP contribution is 2.47. The molecule has 0 radical (unpaired) electrons. The maximum absolute atomic E-state index is 5.18. The molecule has 0 atom stereocenters. The molecule has 3 heteroatoms. The highest BCUT2D eigenvalue weighted by atomic mass is 32.2. The van der Waals surface area contributed by atoms with Crippen LogP contribution in [0.3, 0.4) is 0 Å². The van der Waals surface area contributed by atoms with E-state index >= 15 is 0 Å². The van der Waals surface area contributed by atoms with E-state index in [9.17, 15) is 0 Å². The molecule has 2 heterocycles. The maximum atomic E-state index is 5.18. The van der Waals surface area contributed by atoms with Crippen molar-refractivity contribution in [2.75, 3.05) is 0 Å². The van der Waals surface area contributed by atoms with Crippen LogP contribution >= 0.6 is 11.8 Å². The van der Waals surface area contributed by atoms with Crippen LogP contribution in [-0.4, -0.2) is 9.97 Å². The number of rotatable bonds is 7. The van der Waals surface area contributed by atoms with Crippen molar-refractivity contribution >= 4 is 39.0 Å². The molecule has 50 heavy (non-hydrogen) atoms. The van der Waals surface area contributed by atoms with Crippen molar-refractivity contribution in [1.29, 1.82) is 0 Å². The monoisotopic (exact) mass is 662 g/mol. The van der Waals surface area contributed by atoms with Gasteiger partial charge < -0.3 is 0 Å². The summed E-state index contributed by atoms with van der Waals surface area (Å²) in [6.45, 7) is 13.3. The third-order valence-electron chi connectivity index (χ3n) is 9.97. The van der Waals surface area contributed by atoms with Gasteiger partial charge in [0.1, 0.15) is 0 Å². The lowest BCUT2D eigenvalue weighted by Crippen LogP contribution is -2.20. The summed E-state index contributed by atoms with van der Waals surface area (Å²) < 4.78 is 0. The maximum Gasteiger partial charge on any atom is 0.160 e. The number of aryl methyl sites for hydroxylation is 1. The number of hydrogen-bond donors (Lipinski definition) is 0. The minimum atomic E-state index is -0.195. The normalized spacial score (nSPS) is 12.8. The molecule has 0 spiro atoms. The molecule has 0 bridgehead atoms. The van der Waals surface area contributed by atoms with Gasteiger partial charge in [0.15, 0.2) is 5.82 Å². The van der Waals surface area contributed by atoms with Crippen LogP contribution in [0.15, 0.2) is 168 Å². The highest BCUT2D eigenvalue weighted by Gasteiger charge is 2.25. The summed E-state index contributed by atoms with van der Waals surface area (Å²) in [7, 11) is 0. The Kier molecular flexibility index (Phi) is 8.09. The fourth-order valence-corrected chi connectivity index (χ4v) is 8.20. The summed E-state index contributed by atoms with van der Waals surface area (Å²) in [5.74, 6) is 0.745. The molecule has 0 saturated carbocycles. The highest BCUT2D eigenvalue weighted by molar-refractivity contribution is 7.99. The van der Waals surface area contributed by atoms with Gasteiger partial charge in [0.05, 0.1) is 11.2 Å². The Morgan fingerprint density at radius 2 is 1.42 bits per heavy atom. The van der Waals surface area contributed by atoms with E-state index in [0.717, 1.165) is 50.3 Å². The third-order valence-corrected chi connectivity index (χ3v) is 11.1. The van der Waals surface area contributed by atoms with Gasteiger partial charge in [-0.2, -0.15) is 0 Å². The van der Waals surface area contributed by atoms with Gasteiger partial charge >= 0.3 is 0 Å². The van der Waals surface area contributed by atoms with Gasteiger partial charge in [-0.05, 0) is 100.0 Å². The number of fused-ring (bicyclic) bond motifs is 3. The predicted octanol–water partition coefficient (Wildman–Crippen LogP) is 13.1. The first-order valence-corrected chi connectivity index (χ1v) is 17.9. The SMILES string of the molecule is C=C(/C=C(\C=C/C)c1ccc2cc(-c3cccc(-c4nc5c6c(cccc6n4)Sc4ccccc4-5)c3)ccc2c1)C(C)(C)c1ccccc1C. The average molecular weight is 663 g/mol. The topological polar surface area (TPSA) is 25.8 Å². The molecule has 6 aromatic carbocycles. The fraction of sp³-hybridized carbons (Fsp3) is 0.106. The van der Waals surface area contributed by atoms with Crippen molar-refractivity contribution in [3.05, 3.63) is 174 Å². The second kappa shape index (κ2) is 12.7. The Morgan fingerprint density at radius 3 is 2.28 bits per heavy atom. The second-order valence-corrected chi connectivity index (χ2v) is 14.7. The number of hydrogen-bond acceptors (Lipinski definition) is 3. The zero-order valence-corrected chi connectivity index (χ0v) is 29.7. The van der Waals surface area contributed by atoms with Crippen LogP contribution in [0, 0.1) is 6.92 Å². The van der Waals surface area contributed by atoms with Crippen molar-refractivity contribution in [2.24, 2.45) is 0 Å². The van der Waals surface area contributed by atoms with E-state index in [1.807, 2.05) is 0 Å². The number of benzene rings is 6. The number of nitrogens with zero attached hydrogens (tertiary/aromatic N) is 2. The molecule has 1 aliphatic rings. The first kappa shape index (κ1) is 31.7. The standard InChI is InChI=1S/C47H38N2S/c1-6-13-32(26-31(3)47(4,5)40-18-9-7-14-30(40)2)34-22-24-37-28-35(23-25-36(37)27-34)33-15-11-16-38(29-33)46-48-41-19-12-21-43-44(41)45(49-46)39-17-8-10-20-42(39)50-43/h6-29H,3H2,1-2,4-5H3/b13-6-,32-26+. The number of aromatic nitrogens is 2. The molecule has 0 aliphatic carbocycles. The summed E-state index contributed by atoms with van der Waals surface area (Å²) in [5.41, 5.74) is 12.3. The predicted molar refractivity (Wildman–Crippen MR) is 214 cm³/mol. The minimum Gasteiger partial charge on any atom is -0.228 e. The van der Waals surface area contributed by atoms with E-state index < -0.39 is 0 Å². The molecule has 0 amide bonds. The van der Waals surface area contributed by atoms with Crippen molar-refractivity contribution in [2.45, 2.75) is 42.9 Å². The van der Waals surface area contributed by atoms with Crippen LogP contribution in [0.5, 0.6) is 0 Å². The largest absolute Gasteiger partial charge is 0.228 e. The van der Waals surface area contributed by atoms with E-state index in [0.29, 0.717) is 0 Å².